The second-order valence-electron chi connectivity index (χ2n) is 6.97. The summed E-state index contributed by atoms with van der Waals surface area (Å²) in [6.45, 7) is 16.8. The van der Waals surface area contributed by atoms with Crippen LogP contribution in [0.2, 0.25) is 0 Å². The molecule has 0 saturated heterocycles. The lowest BCUT2D eigenvalue weighted by Crippen LogP contribution is -2.27. The highest BCUT2D eigenvalue weighted by atomic mass is 32.2. The van der Waals surface area contributed by atoms with Crippen LogP contribution in [0.1, 0.15) is 52.9 Å². The van der Waals surface area contributed by atoms with Gasteiger partial charge in [-0.2, -0.15) is 11.8 Å². The molecule has 2 N–H and O–H groups in total. The van der Waals surface area contributed by atoms with Crippen LogP contribution < -0.4 is 10.6 Å². The first-order valence-electron chi connectivity index (χ1n) is 7.52. The summed E-state index contributed by atoms with van der Waals surface area (Å²) < 4.78 is 0.178. The van der Waals surface area contributed by atoms with Gasteiger partial charge < -0.3 is 10.6 Å². The van der Waals surface area contributed by atoms with Crippen molar-refractivity contribution >= 4 is 23.4 Å². The molecule has 0 aliphatic heterocycles. The number of hydrogen-bond donors (Lipinski definition) is 2. The van der Waals surface area contributed by atoms with Gasteiger partial charge in [-0.1, -0.05) is 20.8 Å². The predicted molar refractivity (Wildman–Crippen MR) is 95.7 cm³/mol. The molecule has 21 heavy (non-hydrogen) atoms. The van der Waals surface area contributed by atoms with E-state index in [1.807, 2.05) is 11.8 Å². The van der Waals surface area contributed by atoms with Gasteiger partial charge in [0.05, 0.1) is 0 Å². The summed E-state index contributed by atoms with van der Waals surface area (Å²) >= 11 is 1.85. The topological polar surface area (TPSA) is 49.8 Å². The summed E-state index contributed by atoms with van der Waals surface area (Å²) in [7, 11) is 0. The highest BCUT2D eigenvalue weighted by Gasteiger charge is 2.22. The molecule has 1 aromatic heterocycles. The standard InChI is InChI=1S/C16H30N4S/c1-9-17-12-11(2)13(18-10-16(6,7)21-8)20-14(19-12)15(3,4)5/h9-10H2,1-8H3,(H2,17,18,19,20). The lowest BCUT2D eigenvalue weighted by molar-refractivity contribution is 0.545. The number of rotatable bonds is 6. The molecule has 120 valence electrons. The normalized spacial score (nSPS) is 12.4. The number of hydrogen-bond acceptors (Lipinski definition) is 5. The highest BCUT2D eigenvalue weighted by Crippen LogP contribution is 2.28. The van der Waals surface area contributed by atoms with Crippen LogP contribution in [0.5, 0.6) is 0 Å². The fourth-order valence-corrected chi connectivity index (χ4v) is 1.95. The Labute approximate surface area is 133 Å². The Morgan fingerprint density at radius 2 is 1.52 bits per heavy atom. The van der Waals surface area contributed by atoms with Crippen molar-refractivity contribution in [2.75, 3.05) is 30.0 Å². The third-order valence-corrected chi connectivity index (χ3v) is 4.64. The second-order valence-corrected chi connectivity index (χ2v) is 8.48. The van der Waals surface area contributed by atoms with Crippen molar-refractivity contribution in [1.29, 1.82) is 0 Å². The third-order valence-electron chi connectivity index (χ3n) is 3.40. The Bertz CT molecular complexity index is 478. The number of aromatic nitrogens is 2. The number of thioether (sulfide) groups is 1. The molecule has 0 aliphatic rings. The molecule has 0 radical (unpaired) electrons. The minimum atomic E-state index is -0.0661. The van der Waals surface area contributed by atoms with Gasteiger partial charge in [-0.3, -0.25) is 0 Å². The maximum Gasteiger partial charge on any atom is 0.138 e. The average Bonchev–Trinajstić information content (AvgIpc) is 2.38. The van der Waals surface area contributed by atoms with Gasteiger partial charge in [-0.25, -0.2) is 9.97 Å². The van der Waals surface area contributed by atoms with E-state index in [0.29, 0.717) is 0 Å². The van der Waals surface area contributed by atoms with E-state index in [0.717, 1.165) is 36.1 Å². The van der Waals surface area contributed by atoms with Gasteiger partial charge >= 0.3 is 0 Å². The molecule has 5 heteroatoms. The number of nitrogens with one attached hydrogen (secondary N) is 2. The summed E-state index contributed by atoms with van der Waals surface area (Å²) in [4.78, 5) is 9.44. The molecular formula is C16H30N4S. The SMILES string of the molecule is CCNc1nc(C(C)(C)C)nc(NCC(C)(C)SC)c1C. The van der Waals surface area contributed by atoms with Crippen LogP contribution in [-0.4, -0.2) is 34.1 Å². The van der Waals surface area contributed by atoms with E-state index >= 15 is 0 Å². The van der Waals surface area contributed by atoms with Gasteiger partial charge in [0.25, 0.3) is 0 Å². The Kier molecular flexibility index (Phi) is 5.91. The Balaban J connectivity index is 3.14. The van der Waals surface area contributed by atoms with Gasteiger partial charge in [-0.05, 0) is 34.0 Å². The average molecular weight is 311 g/mol. The van der Waals surface area contributed by atoms with Crippen LogP contribution in [0.15, 0.2) is 0 Å². The van der Waals surface area contributed by atoms with Crippen molar-refractivity contribution in [3.63, 3.8) is 0 Å². The van der Waals surface area contributed by atoms with Crippen molar-refractivity contribution < 1.29 is 0 Å². The van der Waals surface area contributed by atoms with Gasteiger partial charge in [0.2, 0.25) is 0 Å². The fraction of sp³-hybridized carbons (Fsp3) is 0.750. The smallest absolute Gasteiger partial charge is 0.138 e. The van der Waals surface area contributed by atoms with E-state index in [2.05, 4.69) is 65.4 Å². The number of nitrogens with zero attached hydrogens (tertiary/aromatic N) is 2. The van der Waals surface area contributed by atoms with Crippen LogP contribution in [0, 0.1) is 6.92 Å². The fourth-order valence-electron chi connectivity index (χ4n) is 1.73. The summed E-state index contributed by atoms with van der Waals surface area (Å²) in [5.74, 6) is 2.74. The largest absolute Gasteiger partial charge is 0.370 e. The Morgan fingerprint density at radius 1 is 1.00 bits per heavy atom. The van der Waals surface area contributed by atoms with Crippen LogP contribution >= 0.6 is 11.8 Å². The van der Waals surface area contributed by atoms with Crippen molar-refractivity contribution in [1.82, 2.24) is 9.97 Å². The first kappa shape index (κ1) is 18.1. The molecule has 1 rings (SSSR count). The van der Waals surface area contributed by atoms with Gasteiger partial charge in [0.1, 0.15) is 17.5 Å². The molecule has 0 fully saturated rings. The zero-order chi connectivity index (χ0) is 16.3. The van der Waals surface area contributed by atoms with Crippen molar-refractivity contribution in [2.45, 2.75) is 58.6 Å². The summed E-state index contributed by atoms with van der Waals surface area (Å²) in [5.41, 5.74) is 1.02. The van der Waals surface area contributed by atoms with Crippen LogP contribution in [0.3, 0.4) is 0 Å². The summed E-state index contributed by atoms with van der Waals surface area (Å²) in [5, 5.41) is 6.85. The first-order chi connectivity index (χ1) is 9.60. The zero-order valence-electron chi connectivity index (χ0n) is 14.7. The van der Waals surface area contributed by atoms with Gasteiger partial charge in [-0.15, -0.1) is 0 Å². The molecule has 0 unspecified atom stereocenters. The molecular weight excluding hydrogens is 280 g/mol. The molecule has 1 heterocycles. The predicted octanol–water partition coefficient (Wildman–Crippen LogP) is 4.07. The molecule has 1 aromatic rings. The van der Waals surface area contributed by atoms with Crippen molar-refractivity contribution in [2.24, 2.45) is 0 Å². The van der Waals surface area contributed by atoms with Crippen molar-refractivity contribution in [3.8, 4) is 0 Å². The third kappa shape index (κ3) is 5.06. The van der Waals surface area contributed by atoms with E-state index in [1.165, 1.54) is 0 Å². The zero-order valence-corrected chi connectivity index (χ0v) is 15.5. The summed E-state index contributed by atoms with van der Waals surface area (Å²) in [6, 6.07) is 0. The molecule has 0 saturated carbocycles. The van der Waals surface area contributed by atoms with E-state index in [1.54, 1.807) is 0 Å². The molecule has 0 bridgehead atoms. The molecule has 4 nitrogen and oxygen atoms in total. The molecule has 0 amide bonds. The minimum Gasteiger partial charge on any atom is -0.370 e. The number of anilines is 2. The quantitative estimate of drug-likeness (QED) is 0.829. The van der Waals surface area contributed by atoms with Gasteiger partial charge in [0, 0.05) is 28.8 Å². The highest BCUT2D eigenvalue weighted by molar-refractivity contribution is 7.99. The van der Waals surface area contributed by atoms with Crippen LogP contribution in [0.4, 0.5) is 11.6 Å². The van der Waals surface area contributed by atoms with E-state index in [-0.39, 0.29) is 10.2 Å². The molecule has 0 atom stereocenters. The molecule has 0 aromatic carbocycles. The van der Waals surface area contributed by atoms with Crippen LogP contribution in [0.25, 0.3) is 0 Å². The lowest BCUT2D eigenvalue weighted by Gasteiger charge is -2.25. The minimum absolute atomic E-state index is 0.0661. The maximum absolute atomic E-state index is 4.75. The monoisotopic (exact) mass is 310 g/mol. The Morgan fingerprint density at radius 3 is 1.95 bits per heavy atom. The summed E-state index contributed by atoms with van der Waals surface area (Å²) in [6.07, 6.45) is 2.14. The second kappa shape index (κ2) is 6.86. The molecule has 0 aliphatic carbocycles. The maximum atomic E-state index is 4.75. The van der Waals surface area contributed by atoms with Gasteiger partial charge in [0.15, 0.2) is 0 Å². The van der Waals surface area contributed by atoms with Crippen molar-refractivity contribution in [3.05, 3.63) is 11.4 Å². The van der Waals surface area contributed by atoms with E-state index < -0.39 is 0 Å². The van der Waals surface area contributed by atoms with E-state index in [9.17, 15) is 0 Å². The lowest BCUT2D eigenvalue weighted by atomic mass is 9.95. The van der Waals surface area contributed by atoms with E-state index in [4.69, 9.17) is 9.97 Å². The Hall–Kier alpha value is -0.970. The molecule has 0 spiro atoms. The first-order valence-corrected chi connectivity index (χ1v) is 8.75. The van der Waals surface area contributed by atoms with Crippen LogP contribution in [-0.2, 0) is 5.41 Å².